The lowest BCUT2D eigenvalue weighted by molar-refractivity contribution is -0.138. The van der Waals surface area contributed by atoms with E-state index in [1.807, 2.05) is 6.92 Å². The van der Waals surface area contributed by atoms with Gasteiger partial charge in [0.25, 0.3) is 0 Å². The fraction of sp³-hybridized carbons (Fsp3) is 0.412. The van der Waals surface area contributed by atoms with E-state index in [0.717, 1.165) is 24.2 Å². The first-order chi connectivity index (χ1) is 10.6. The van der Waals surface area contributed by atoms with E-state index < -0.39 is 11.9 Å². The molecule has 0 aromatic carbocycles. The smallest absolute Gasteiger partial charge is 0.336 e. The van der Waals surface area contributed by atoms with Crippen LogP contribution in [0.5, 0.6) is 0 Å². The van der Waals surface area contributed by atoms with Gasteiger partial charge in [0.2, 0.25) is 0 Å². The normalized spacial score (nSPS) is 21.5. The Hall–Kier alpha value is -2.30. The Morgan fingerprint density at radius 2 is 2.27 bits per heavy atom. The number of furan rings is 1. The number of allylic oxidation sites excluding steroid dienone is 3. The van der Waals surface area contributed by atoms with Crippen molar-refractivity contribution in [1.82, 2.24) is 5.32 Å². The topological polar surface area (TPSA) is 68.5 Å². The van der Waals surface area contributed by atoms with Crippen LogP contribution < -0.4 is 5.32 Å². The van der Waals surface area contributed by atoms with E-state index in [-0.39, 0.29) is 5.78 Å². The zero-order chi connectivity index (χ0) is 15.7. The number of nitrogens with one attached hydrogen (secondary N) is 1. The summed E-state index contributed by atoms with van der Waals surface area (Å²) >= 11 is 0. The molecule has 116 valence electrons. The summed E-state index contributed by atoms with van der Waals surface area (Å²) in [7, 11) is 0. The predicted octanol–water partition coefficient (Wildman–Crippen LogP) is 2.81. The van der Waals surface area contributed by atoms with Gasteiger partial charge >= 0.3 is 5.97 Å². The van der Waals surface area contributed by atoms with Gasteiger partial charge in [0.15, 0.2) is 5.78 Å². The van der Waals surface area contributed by atoms with Crippen LogP contribution in [0, 0.1) is 0 Å². The van der Waals surface area contributed by atoms with Crippen LogP contribution in [0.3, 0.4) is 0 Å². The van der Waals surface area contributed by atoms with E-state index in [4.69, 9.17) is 9.15 Å². The van der Waals surface area contributed by atoms with E-state index in [1.165, 1.54) is 0 Å². The number of ether oxygens (including phenoxy) is 1. The minimum Gasteiger partial charge on any atom is -0.468 e. The lowest BCUT2D eigenvalue weighted by atomic mass is 9.77. The van der Waals surface area contributed by atoms with Gasteiger partial charge in [-0.3, -0.25) is 4.79 Å². The second kappa shape index (κ2) is 5.83. The largest absolute Gasteiger partial charge is 0.468 e. The molecule has 0 saturated carbocycles. The summed E-state index contributed by atoms with van der Waals surface area (Å²) in [5, 5.41) is 3.23. The Labute approximate surface area is 129 Å². The van der Waals surface area contributed by atoms with Crippen molar-refractivity contribution in [3.63, 3.8) is 0 Å². The summed E-state index contributed by atoms with van der Waals surface area (Å²) in [5.74, 6) is -0.201. The number of carbonyl (C=O) groups excluding carboxylic acids is 2. The lowest BCUT2D eigenvalue weighted by Gasteiger charge is -2.32. The zero-order valence-corrected chi connectivity index (χ0v) is 12.8. The second-order valence-electron chi connectivity index (χ2n) is 5.50. The van der Waals surface area contributed by atoms with Crippen LogP contribution in [0.4, 0.5) is 0 Å². The zero-order valence-electron chi connectivity index (χ0n) is 12.8. The molecular weight excluding hydrogens is 282 g/mol. The number of Topliss-reactive ketones (excluding diaryl/α,β-unsaturated/α-hetero) is 1. The molecule has 5 nitrogen and oxygen atoms in total. The van der Waals surface area contributed by atoms with Gasteiger partial charge in [-0.15, -0.1) is 0 Å². The van der Waals surface area contributed by atoms with Gasteiger partial charge in [-0.25, -0.2) is 4.79 Å². The third kappa shape index (κ3) is 2.36. The molecule has 1 aliphatic carbocycles. The SMILES string of the molecule is CCOC(=O)C1=C(C)NC2=C(C(=O)CCC2)C1c1ccco1. The van der Waals surface area contributed by atoms with Crippen molar-refractivity contribution in [2.75, 3.05) is 6.61 Å². The summed E-state index contributed by atoms with van der Waals surface area (Å²) in [6, 6.07) is 3.57. The average Bonchev–Trinajstić information content (AvgIpc) is 3.00. The molecule has 0 radical (unpaired) electrons. The van der Waals surface area contributed by atoms with Crippen molar-refractivity contribution in [3.05, 3.63) is 46.7 Å². The minimum absolute atomic E-state index is 0.0736. The third-order valence-electron chi connectivity index (χ3n) is 4.10. The maximum absolute atomic E-state index is 12.5. The predicted molar refractivity (Wildman–Crippen MR) is 79.8 cm³/mol. The van der Waals surface area contributed by atoms with Gasteiger partial charge in [-0.2, -0.15) is 0 Å². The molecule has 1 N–H and O–H groups in total. The Balaban J connectivity index is 2.12. The van der Waals surface area contributed by atoms with Gasteiger partial charge in [-0.05, 0) is 38.8 Å². The Morgan fingerprint density at radius 3 is 2.95 bits per heavy atom. The van der Waals surface area contributed by atoms with Crippen molar-refractivity contribution in [2.45, 2.75) is 39.0 Å². The molecule has 2 aliphatic rings. The molecule has 1 aromatic heterocycles. The van der Waals surface area contributed by atoms with Crippen LogP contribution in [0.2, 0.25) is 0 Å². The van der Waals surface area contributed by atoms with E-state index in [2.05, 4.69) is 5.32 Å². The van der Waals surface area contributed by atoms with Crippen molar-refractivity contribution >= 4 is 11.8 Å². The number of rotatable bonds is 3. The summed E-state index contributed by atoms with van der Waals surface area (Å²) in [5.41, 5.74) is 2.75. The number of hydrogen-bond acceptors (Lipinski definition) is 5. The first-order valence-corrected chi connectivity index (χ1v) is 7.58. The molecule has 3 rings (SSSR count). The summed E-state index contributed by atoms with van der Waals surface area (Å²) in [4.78, 5) is 24.9. The molecule has 0 saturated heterocycles. The number of esters is 1. The molecule has 0 bridgehead atoms. The molecule has 0 amide bonds. The highest BCUT2D eigenvalue weighted by Gasteiger charge is 2.40. The number of ketones is 1. The second-order valence-corrected chi connectivity index (χ2v) is 5.50. The highest BCUT2D eigenvalue weighted by Crippen LogP contribution is 2.42. The summed E-state index contributed by atoms with van der Waals surface area (Å²) in [6.45, 7) is 3.90. The molecule has 1 aliphatic heterocycles. The quantitative estimate of drug-likeness (QED) is 0.869. The molecule has 5 heteroatoms. The number of dihydropyridines is 1. The maximum Gasteiger partial charge on any atom is 0.336 e. The summed E-state index contributed by atoms with van der Waals surface area (Å²) in [6.07, 6.45) is 3.71. The van der Waals surface area contributed by atoms with Gasteiger partial charge in [0, 0.05) is 23.4 Å². The monoisotopic (exact) mass is 301 g/mol. The van der Waals surface area contributed by atoms with Crippen molar-refractivity contribution in [2.24, 2.45) is 0 Å². The lowest BCUT2D eigenvalue weighted by Crippen LogP contribution is -2.34. The molecule has 1 aromatic rings. The van der Waals surface area contributed by atoms with Gasteiger partial charge in [0.05, 0.1) is 24.4 Å². The number of carbonyl (C=O) groups is 2. The molecule has 1 atom stereocenters. The maximum atomic E-state index is 12.5. The van der Waals surface area contributed by atoms with E-state index >= 15 is 0 Å². The molecule has 2 heterocycles. The summed E-state index contributed by atoms with van der Waals surface area (Å²) < 4.78 is 10.7. The molecule has 1 unspecified atom stereocenters. The van der Waals surface area contributed by atoms with Crippen LogP contribution >= 0.6 is 0 Å². The van der Waals surface area contributed by atoms with Crippen molar-refractivity contribution in [3.8, 4) is 0 Å². The fourth-order valence-electron chi connectivity index (χ4n) is 3.20. The first kappa shape index (κ1) is 14.6. The van der Waals surface area contributed by atoms with Crippen molar-refractivity contribution < 1.29 is 18.7 Å². The minimum atomic E-state index is -0.474. The molecule has 0 spiro atoms. The Morgan fingerprint density at radius 1 is 1.45 bits per heavy atom. The van der Waals surface area contributed by atoms with Crippen LogP contribution in [0.15, 0.2) is 45.4 Å². The molecule has 22 heavy (non-hydrogen) atoms. The highest BCUT2D eigenvalue weighted by atomic mass is 16.5. The van der Waals surface area contributed by atoms with E-state index in [1.54, 1.807) is 25.3 Å². The van der Waals surface area contributed by atoms with Crippen molar-refractivity contribution in [1.29, 1.82) is 0 Å². The number of hydrogen-bond donors (Lipinski definition) is 1. The van der Waals surface area contributed by atoms with Gasteiger partial charge in [0.1, 0.15) is 5.76 Å². The third-order valence-corrected chi connectivity index (χ3v) is 4.10. The van der Waals surface area contributed by atoms with Crippen LogP contribution in [0.1, 0.15) is 44.8 Å². The van der Waals surface area contributed by atoms with E-state index in [9.17, 15) is 9.59 Å². The van der Waals surface area contributed by atoms with E-state index in [0.29, 0.717) is 29.9 Å². The van der Waals surface area contributed by atoms with Crippen LogP contribution in [0.25, 0.3) is 0 Å². The average molecular weight is 301 g/mol. The van der Waals surface area contributed by atoms with Gasteiger partial charge in [-0.1, -0.05) is 0 Å². The highest BCUT2D eigenvalue weighted by molar-refractivity contribution is 6.03. The van der Waals surface area contributed by atoms with Gasteiger partial charge < -0.3 is 14.5 Å². The first-order valence-electron chi connectivity index (χ1n) is 7.58. The standard InChI is InChI=1S/C17H19NO4/c1-3-21-17(20)14-10(2)18-11-6-4-7-12(19)15(11)16(14)13-8-5-9-22-13/h5,8-9,16,18H,3-4,6-7H2,1-2H3. The fourth-order valence-corrected chi connectivity index (χ4v) is 3.20. The van der Waals surface area contributed by atoms with Crippen LogP contribution in [-0.4, -0.2) is 18.4 Å². The van der Waals surface area contributed by atoms with Crippen LogP contribution in [-0.2, 0) is 14.3 Å². The Kier molecular flexibility index (Phi) is 3.88. The molecule has 0 fully saturated rings. The Bertz CT molecular complexity index is 667. The molecular formula is C17H19NO4.